The summed E-state index contributed by atoms with van der Waals surface area (Å²) in [7, 11) is 0. The quantitative estimate of drug-likeness (QED) is 0.401. The molecule has 38 heavy (non-hydrogen) atoms. The molecular weight excluding hydrogens is 482 g/mol. The molecule has 5 rings (SSSR count). The van der Waals surface area contributed by atoms with Crippen LogP contribution in [0.4, 0.5) is 10.6 Å². The second-order valence-electron chi connectivity index (χ2n) is 11.0. The highest BCUT2D eigenvalue weighted by Gasteiger charge is 2.32. The van der Waals surface area contributed by atoms with Crippen molar-refractivity contribution in [2.24, 2.45) is 0 Å². The Morgan fingerprint density at radius 2 is 1.92 bits per heavy atom. The fraction of sp³-hybridized carbons (Fsp3) is 0.519. The molecule has 1 aliphatic rings. The van der Waals surface area contributed by atoms with Crippen LogP contribution in [0.15, 0.2) is 18.7 Å². The van der Waals surface area contributed by atoms with Gasteiger partial charge in [0, 0.05) is 25.0 Å². The predicted molar refractivity (Wildman–Crippen MR) is 144 cm³/mol. The van der Waals surface area contributed by atoms with Crippen molar-refractivity contribution in [3.05, 3.63) is 41.5 Å². The van der Waals surface area contributed by atoms with Crippen LogP contribution >= 0.6 is 0 Å². The minimum atomic E-state index is -0.587. The number of aryl methyl sites for hydroxylation is 2. The number of hydrogen-bond donors (Lipinski definition) is 1. The average molecular weight is 518 g/mol. The number of anilines is 1. The lowest BCUT2D eigenvalue weighted by atomic mass is 9.89. The van der Waals surface area contributed by atoms with Crippen LogP contribution in [-0.2, 0) is 24.1 Å². The highest BCUT2D eigenvalue weighted by molar-refractivity contribution is 5.86. The Morgan fingerprint density at radius 1 is 1.18 bits per heavy atom. The summed E-state index contributed by atoms with van der Waals surface area (Å²) in [5.74, 6) is 2.34. The van der Waals surface area contributed by atoms with Gasteiger partial charge >= 0.3 is 6.09 Å². The second kappa shape index (κ2) is 9.77. The van der Waals surface area contributed by atoms with Gasteiger partial charge in [0.25, 0.3) is 0 Å². The minimum absolute atomic E-state index is 0.104. The van der Waals surface area contributed by atoms with E-state index in [2.05, 4.69) is 50.6 Å². The lowest BCUT2D eigenvalue weighted by molar-refractivity contribution is 0.0508. The fourth-order valence-electron chi connectivity index (χ4n) is 4.95. The van der Waals surface area contributed by atoms with E-state index >= 15 is 0 Å². The number of aromatic nitrogens is 8. The molecule has 0 saturated heterocycles. The van der Waals surface area contributed by atoms with E-state index in [9.17, 15) is 4.79 Å². The van der Waals surface area contributed by atoms with Crippen LogP contribution < -0.4 is 5.32 Å². The average Bonchev–Trinajstić information content (AvgIpc) is 3.43. The topological polar surface area (TPSA) is 126 Å². The third kappa shape index (κ3) is 4.84. The van der Waals surface area contributed by atoms with Gasteiger partial charge in [-0.15, -0.1) is 0 Å². The van der Waals surface area contributed by atoms with Crippen molar-refractivity contribution >= 4 is 23.1 Å². The van der Waals surface area contributed by atoms with E-state index in [-0.39, 0.29) is 12.0 Å². The van der Waals surface area contributed by atoms with Gasteiger partial charge in [0.15, 0.2) is 17.0 Å². The molecule has 0 fully saturated rings. The summed E-state index contributed by atoms with van der Waals surface area (Å²) in [6, 6.07) is 0.104. The molecule has 4 heterocycles. The highest BCUT2D eigenvalue weighted by Crippen LogP contribution is 2.32. The molecule has 0 bridgehead atoms. The van der Waals surface area contributed by atoms with E-state index in [4.69, 9.17) is 14.8 Å². The summed E-state index contributed by atoms with van der Waals surface area (Å²) < 4.78 is 9.15. The first kappa shape index (κ1) is 25.7. The second-order valence-corrected chi connectivity index (χ2v) is 11.0. The lowest BCUT2D eigenvalue weighted by Crippen LogP contribution is -2.32. The lowest BCUT2D eigenvalue weighted by Gasteiger charge is -2.25. The van der Waals surface area contributed by atoms with Gasteiger partial charge in [-0.25, -0.2) is 29.7 Å². The number of nitrogens with one attached hydrogen (secondary N) is 1. The van der Waals surface area contributed by atoms with Crippen molar-refractivity contribution in [1.29, 1.82) is 0 Å². The Balaban J connectivity index is 1.46. The van der Waals surface area contributed by atoms with Crippen LogP contribution in [-0.4, -0.2) is 57.0 Å². The first-order valence-corrected chi connectivity index (χ1v) is 13.2. The molecule has 4 aromatic rings. The van der Waals surface area contributed by atoms with E-state index in [1.165, 1.54) is 4.68 Å². The molecule has 0 spiro atoms. The Kier molecular flexibility index (Phi) is 6.62. The smallest absolute Gasteiger partial charge is 0.435 e. The third-order valence-corrected chi connectivity index (χ3v) is 6.64. The number of rotatable bonds is 5. The molecule has 11 heteroatoms. The maximum Gasteiger partial charge on any atom is 0.435 e. The molecule has 11 nitrogen and oxygen atoms in total. The first-order valence-electron chi connectivity index (χ1n) is 13.2. The molecule has 4 aromatic heterocycles. The largest absolute Gasteiger partial charge is 0.442 e. The molecule has 0 amide bonds. The number of fused-ring (bicyclic) bond motifs is 2. The fourth-order valence-corrected chi connectivity index (χ4v) is 4.95. The van der Waals surface area contributed by atoms with Crippen LogP contribution in [0.2, 0.25) is 0 Å². The molecule has 1 atom stereocenters. The van der Waals surface area contributed by atoms with Gasteiger partial charge in [0.1, 0.15) is 23.6 Å². The van der Waals surface area contributed by atoms with Gasteiger partial charge in [-0.2, -0.15) is 9.78 Å². The summed E-state index contributed by atoms with van der Waals surface area (Å²) in [5, 5.41) is 8.32. The number of nitrogens with zero attached hydrogens (tertiary/aromatic N) is 8. The molecule has 0 aromatic carbocycles. The summed E-state index contributed by atoms with van der Waals surface area (Å²) in [6.07, 6.45) is 6.96. The molecular formula is C27H35N9O2. The van der Waals surface area contributed by atoms with Gasteiger partial charge in [0.2, 0.25) is 0 Å². The van der Waals surface area contributed by atoms with Crippen LogP contribution in [0.25, 0.3) is 22.6 Å². The van der Waals surface area contributed by atoms with E-state index in [1.54, 1.807) is 18.7 Å². The van der Waals surface area contributed by atoms with E-state index in [1.807, 2.05) is 27.7 Å². The summed E-state index contributed by atoms with van der Waals surface area (Å²) in [5.41, 5.74) is 4.70. The highest BCUT2D eigenvalue weighted by atomic mass is 16.6. The first-order chi connectivity index (χ1) is 18.1. The minimum Gasteiger partial charge on any atom is -0.442 e. The molecule has 0 unspecified atom stereocenters. The zero-order chi connectivity index (χ0) is 27.2. The number of imidazole rings is 1. The van der Waals surface area contributed by atoms with Gasteiger partial charge in [-0.3, -0.25) is 0 Å². The normalized spacial score (nSPS) is 15.6. The van der Waals surface area contributed by atoms with Crippen LogP contribution in [0.3, 0.4) is 0 Å². The molecule has 1 N–H and O–H groups in total. The Bertz CT molecular complexity index is 1480. The zero-order valence-corrected chi connectivity index (χ0v) is 23.1. The number of ether oxygens (including phenoxy) is 1. The number of carbonyl (C=O) groups is 1. The van der Waals surface area contributed by atoms with Gasteiger partial charge < -0.3 is 14.6 Å². The molecule has 0 saturated carbocycles. The molecule has 1 aliphatic carbocycles. The zero-order valence-electron chi connectivity index (χ0n) is 23.1. The van der Waals surface area contributed by atoms with E-state index in [0.29, 0.717) is 30.1 Å². The van der Waals surface area contributed by atoms with Gasteiger partial charge in [-0.1, -0.05) is 13.8 Å². The van der Waals surface area contributed by atoms with Crippen molar-refractivity contribution in [2.75, 3.05) is 5.32 Å². The van der Waals surface area contributed by atoms with E-state index < -0.39 is 11.7 Å². The molecule has 200 valence electrons. The Morgan fingerprint density at radius 3 is 2.58 bits per heavy atom. The predicted octanol–water partition coefficient (Wildman–Crippen LogP) is 4.68. The molecule has 0 radical (unpaired) electrons. The van der Waals surface area contributed by atoms with Gasteiger partial charge in [-0.05, 0) is 65.4 Å². The Hall–Kier alpha value is -3.89. The summed E-state index contributed by atoms with van der Waals surface area (Å²) in [4.78, 5) is 35.6. The third-order valence-electron chi connectivity index (χ3n) is 6.64. The van der Waals surface area contributed by atoms with Crippen molar-refractivity contribution in [3.63, 3.8) is 0 Å². The van der Waals surface area contributed by atoms with Crippen LogP contribution in [0, 0.1) is 6.92 Å². The summed E-state index contributed by atoms with van der Waals surface area (Å²) >= 11 is 0. The monoisotopic (exact) mass is 517 g/mol. The standard InChI is InChI=1S/C27H35N9O2/c1-8-35-24(17-12-28-16(4)29-13-17)33-22-23(30-14-31-25(22)35)32-18-9-10-20-19(11-18)21(15(2)3)34-36(20)26(37)38-27(5,6)7/h12-15,18H,8-11H2,1-7H3,(H,30,31,32)/t18-/m1/s1. The number of hydrogen-bond acceptors (Lipinski definition) is 9. The SMILES string of the molecule is CCn1c(-c2cnc(C)nc2)nc2c(N[C@@H]3CCc4c(c(C(C)C)nn4C(=O)OC(C)(C)C)C3)ncnc21. The van der Waals surface area contributed by atoms with Gasteiger partial charge in [0.05, 0.1) is 17.0 Å². The van der Waals surface area contributed by atoms with Crippen molar-refractivity contribution < 1.29 is 9.53 Å². The Labute approximate surface area is 222 Å². The molecule has 0 aliphatic heterocycles. The summed E-state index contributed by atoms with van der Waals surface area (Å²) in [6.45, 7) is 14.4. The van der Waals surface area contributed by atoms with Crippen molar-refractivity contribution in [1.82, 2.24) is 39.3 Å². The van der Waals surface area contributed by atoms with Crippen LogP contribution in [0.1, 0.15) is 76.7 Å². The van der Waals surface area contributed by atoms with Crippen molar-refractivity contribution in [2.45, 2.75) is 91.8 Å². The van der Waals surface area contributed by atoms with Crippen molar-refractivity contribution in [3.8, 4) is 11.4 Å². The van der Waals surface area contributed by atoms with E-state index in [0.717, 1.165) is 46.8 Å². The maximum absolute atomic E-state index is 12.9. The van der Waals surface area contributed by atoms with Crippen LogP contribution in [0.5, 0.6) is 0 Å². The maximum atomic E-state index is 12.9. The number of carbonyl (C=O) groups excluding carboxylic acids is 1.